The summed E-state index contributed by atoms with van der Waals surface area (Å²) in [6, 6.07) is 8.44. The summed E-state index contributed by atoms with van der Waals surface area (Å²) in [6.45, 7) is 0. The molecule has 2 aromatic carbocycles. The Kier molecular flexibility index (Phi) is 5.51. The molecule has 0 unspecified atom stereocenters. The van der Waals surface area contributed by atoms with Crippen molar-refractivity contribution in [2.45, 2.75) is 0 Å². The minimum absolute atomic E-state index is 0.000255. The first kappa shape index (κ1) is 17.0. The molecule has 0 atom stereocenters. The van der Waals surface area contributed by atoms with Gasteiger partial charge in [-0.2, -0.15) is 9.98 Å². The second-order valence-corrected chi connectivity index (χ2v) is 4.66. The zero-order valence-electron chi connectivity index (χ0n) is 13.1. The SMILES string of the molecule is COc1cc(C=NC(=O)N=Cc2ccc(O)c(OC)c2)ccc1O. The third-order valence-corrected chi connectivity index (χ3v) is 3.06. The molecule has 7 nitrogen and oxygen atoms in total. The normalized spacial score (nSPS) is 11.1. The summed E-state index contributed by atoms with van der Waals surface area (Å²) in [4.78, 5) is 19.1. The Morgan fingerprint density at radius 1 is 0.875 bits per heavy atom. The number of aliphatic imine (C=N–C) groups is 2. The number of nitrogens with zero attached hydrogens (tertiary/aromatic N) is 2. The van der Waals surface area contributed by atoms with Crippen LogP contribution in [0, 0.1) is 0 Å². The quantitative estimate of drug-likeness (QED) is 0.841. The number of phenolic OH excluding ortho intramolecular Hbond substituents is 2. The lowest BCUT2D eigenvalue weighted by Gasteiger charge is -2.03. The summed E-state index contributed by atoms with van der Waals surface area (Å²) in [7, 11) is 2.86. The average Bonchev–Trinajstić information content (AvgIpc) is 2.60. The Balaban J connectivity index is 2.07. The van der Waals surface area contributed by atoms with Crippen LogP contribution < -0.4 is 9.47 Å². The first-order chi connectivity index (χ1) is 11.5. The predicted molar refractivity (Wildman–Crippen MR) is 89.9 cm³/mol. The van der Waals surface area contributed by atoms with Gasteiger partial charge in [0.25, 0.3) is 0 Å². The van der Waals surface area contributed by atoms with E-state index in [0.29, 0.717) is 11.1 Å². The molecule has 2 aromatic rings. The van der Waals surface area contributed by atoms with Gasteiger partial charge in [0, 0.05) is 12.4 Å². The van der Waals surface area contributed by atoms with Crippen LogP contribution in [0.2, 0.25) is 0 Å². The van der Waals surface area contributed by atoms with E-state index in [4.69, 9.17) is 9.47 Å². The van der Waals surface area contributed by atoms with Crippen molar-refractivity contribution in [3.63, 3.8) is 0 Å². The van der Waals surface area contributed by atoms with Gasteiger partial charge in [0.15, 0.2) is 23.0 Å². The fourth-order valence-electron chi connectivity index (χ4n) is 1.84. The maximum absolute atomic E-state index is 11.7. The number of rotatable bonds is 4. The molecule has 0 saturated carbocycles. The van der Waals surface area contributed by atoms with Crippen molar-refractivity contribution in [3.05, 3.63) is 47.5 Å². The molecule has 0 radical (unpaired) electrons. The van der Waals surface area contributed by atoms with Gasteiger partial charge >= 0.3 is 6.03 Å². The second-order valence-electron chi connectivity index (χ2n) is 4.66. The molecule has 0 spiro atoms. The molecule has 2 N–H and O–H groups in total. The van der Waals surface area contributed by atoms with E-state index in [1.807, 2.05) is 0 Å². The topological polar surface area (TPSA) is 101 Å². The van der Waals surface area contributed by atoms with Crippen LogP contribution in [0.5, 0.6) is 23.0 Å². The van der Waals surface area contributed by atoms with E-state index >= 15 is 0 Å². The van der Waals surface area contributed by atoms with Crippen LogP contribution in [0.25, 0.3) is 0 Å². The number of phenols is 2. The lowest BCUT2D eigenvalue weighted by atomic mass is 10.2. The maximum atomic E-state index is 11.7. The zero-order chi connectivity index (χ0) is 17.5. The molecule has 2 amide bonds. The van der Waals surface area contributed by atoms with Crippen molar-refractivity contribution in [1.82, 2.24) is 0 Å². The van der Waals surface area contributed by atoms with E-state index in [0.717, 1.165) is 0 Å². The first-order valence-electron chi connectivity index (χ1n) is 6.89. The molecule has 124 valence electrons. The number of ether oxygens (including phenoxy) is 2. The number of amides is 2. The Morgan fingerprint density at radius 3 is 1.67 bits per heavy atom. The molecule has 0 bridgehead atoms. The van der Waals surface area contributed by atoms with Gasteiger partial charge in [-0.3, -0.25) is 0 Å². The van der Waals surface area contributed by atoms with Gasteiger partial charge < -0.3 is 19.7 Å². The van der Waals surface area contributed by atoms with E-state index in [2.05, 4.69) is 9.98 Å². The standard InChI is InChI=1S/C17H16N2O5/c1-23-15-7-11(3-5-13(15)20)9-18-17(22)19-10-12-4-6-14(21)16(8-12)24-2/h3-10,20-21H,1-2H3. The molecule has 0 saturated heterocycles. The molecular weight excluding hydrogens is 312 g/mol. The molecule has 2 rings (SSSR count). The molecule has 0 aliphatic rings. The molecule has 0 fully saturated rings. The first-order valence-corrected chi connectivity index (χ1v) is 6.89. The fourth-order valence-corrected chi connectivity index (χ4v) is 1.84. The molecule has 0 aliphatic carbocycles. The van der Waals surface area contributed by atoms with E-state index in [1.54, 1.807) is 24.3 Å². The van der Waals surface area contributed by atoms with E-state index in [-0.39, 0.29) is 23.0 Å². The van der Waals surface area contributed by atoms with E-state index < -0.39 is 6.03 Å². The summed E-state index contributed by atoms with van der Waals surface area (Å²) in [6.07, 6.45) is 2.64. The van der Waals surface area contributed by atoms with Gasteiger partial charge in [0.1, 0.15) is 0 Å². The van der Waals surface area contributed by atoms with Crippen LogP contribution in [0.3, 0.4) is 0 Å². The number of carbonyl (C=O) groups excluding carboxylic acids is 1. The minimum Gasteiger partial charge on any atom is -0.504 e. The van der Waals surface area contributed by atoms with Crippen LogP contribution in [0.4, 0.5) is 4.79 Å². The van der Waals surface area contributed by atoms with Gasteiger partial charge in [-0.15, -0.1) is 0 Å². The van der Waals surface area contributed by atoms with Crippen molar-refractivity contribution >= 4 is 18.5 Å². The van der Waals surface area contributed by atoms with Crippen LogP contribution in [-0.4, -0.2) is 42.9 Å². The maximum Gasteiger partial charge on any atom is 0.366 e. The number of carbonyl (C=O) groups is 1. The van der Waals surface area contributed by atoms with Gasteiger partial charge in [-0.05, 0) is 47.5 Å². The van der Waals surface area contributed by atoms with Crippen molar-refractivity contribution in [2.75, 3.05) is 14.2 Å². The highest BCUT2D eigenvalue weighted by Gasteiger charge is 2.03. The van der Waals surface area contributed by atoms with Crippen molar-refractivity contribution < 1.29 is 24.5 Å². The highest BCUT2D eigenvalue weighted by Crippen LogP contribution is 2.26. The number of aromatic hydroxyl groups is 2. The largest absolute Gasteiger partial charge is 0.504 e. The molecule has 7 heteroatoms. The van der Waals surface area contributed by atoms with Gasteiger partial charge in [0.2, 0.25) is 0 Å². The predicted octanol–water partition coefficient (Wildman–Crippen LogP) is 2.77. The number of hydrogen-bond acceptors (Lipinski definition) is 5. The number of methoxy groups -OCH3 is 2. The zero-order valence-corrected chi connectivity index (χ0v) is 13.1. The molecule has 24 heavy (non-hydrogen) atoms. The highest BCUT2D eigenvalue weighted by atomic mass is 16.5. The van der Waals surface area contributed by atoms with E-state index in [9.17, 15) is 15.0 Å². The van der Waals surface area contributed by atoms with Crippen molar-refractivity contribution in [1.29, 1.82) is 0 Å². The summed E-state index contributed by atoms with van der Waals surface area (Å²) < 4.78 is 9.94. The van der Waals surface area contributed by atoms with E-state index in [1.165, 1.54) is 38.8 Å². The Morgan fingerprint density at radius 2 is 1.29 bits per heavy atom. The third kappa shape index (κ3) is 4.33. The molecule has 0 aliphatic heterocycles. The summed E-state index contributed by atoms with van der Waals surface area (Å²) in [5, 5.41) is 19.0. The van der Waals surface area contributed by atoms with Crippen molar-refractivity contribution in [2.24, 2.45) is 9.98 Å². The Labute approximate surface area is 138 Å². The molecular formula is C17H16N2O5. The summed E-state index contributed by atoms with van der Waals surface area (Å²) in [5.41, 5.74) is 1.17. The van der Waals surface area contributed by atoms with Crippen LogP contribution in [0.1, 0.15) is 11.1 Å². The monoisotopic (exact) mass is 328 g/mol. The minimum atomic E-state index is -0.700. The Hall–Kier alpha value is -3.35. The van der Waals surface area contributed by atoms with Crippen LogP contribution in [0.15, 0.2) is 46.4 Å². The lowest BCUT2D eigenvalue weighted by Crippen LogP contribution is -1.92. The second kappa shape index (κ2) is 7.77. The lowest BCUT2D eigenvalue weighted by molar-refractivity contribution is 0.257. The number of hydrogen-bond donors (Lipinski definition) is 2. The van der Waals surface area contributed by atoms with Gasteiger partial charge in [0.05, 0.1) is 14.2 Å². The summed E-state index contributed by atoms with van der Waals surface area (Å²) in [5.74, 6) is 0.567. The number of urea groups is 1. The summed E-state index contributed by atoms with van der Waals surface area (Å²) >= 11 is 0. The molecule has 0 aromatic heterocycles. The van der Waals surface area contributed by atoms with Gasteiger partial charge in [-0.1, -0.05) is 0 Å². The van der Waals surface area contributed by atoms with Crippen LogP contribution in [-0.2, 0) is 0 Å². The smallest absolute Gasteiger partial charge is 0.366 e. The van der Waals surface area contributed by atoms with Gasteiger partial charge in [-0.25, -0.2) is 4.79 Å². The number of benzene rings is 2. The third-order valence-electron chi connectivity index (χ3n) is 3.06. The highest BCUT2D eigenvalue weighted by molar-refractivity contribution is 5.97. The average molecular weight is 328 g/mol. The Bertz CT molecular complexity index is 734. The van der Waals surface area contributed by atoms with Crippen LogP contribution >= 0.6 is 0 Å². The van der Waals surface area contributed by atoms with Crippen molar-refractivity contribution in [3.8, 4) is 23.0 Å². The molecule has 0 heterocycles. The fraction of sp³-hybridized carbons (Fsp3) is 0.118.